The number of rotatable bonds is 2. The monoisotopic (exact) mass is 165 g/mol. The zero-order valence-corrected chi connectivity index (χ0v) is 6.53. The summed E-state index contributed by atoms with van der Waals surface area (Å²) < 4.78 is 9.40. The Morgan fingerprint density at radius 3 is 3.08 bits per heavy atom. The Morgan fingerprint density at radius 2 is 2.58 bits per heavy atom. The molecule has 1 aromatic rings. The fraction of sp³-hybridized carbons (Fsp3) is 0.250. The predicted octanol–water partition coefficient (Wildman–Crippen LogP) is 1.33. The summed E-state index contributed by atoms with van der Waals surface area (Å²) in [4.78, 5) is 11.0. The molecule has 0 atom stereocenters. The Morgan fingerprint density at radius 1 is 1.83 bits per heavy atom. The first kappa shape index (κ1) is 8.34. The van der Waals surface area contributed by atoms with Crippen LogP contribution in [-0.2, 0) is 4.74 Å². The number of hydrogen-bond acceptors (Lipinski definition) is 4. The lowest BCUT2D eigenvalue weighted by molar-refractivity contribution is 0.0525. The van der Waals surface area contributed by atoms with Gasteiger partial charge in [0.1, 0.15) is 12.3 Å². The van der Waals surface area contributed by atoms with Crippen molar-refractivity contribution in [2.75, 3.05) is 6.61 Å². The Labute approximate surface area is 69.4 Å². The Hall–Kier alpha value is -1.76. The molecule has 0 aliphatic heterocycles. The summed E-state index contributed by atoms with van der Waals surface area (Å²) in [5, 5.41) is 8.37. The standard InChI is InChI=1S/C8H7NO3/c1-2-11-8(10)6-3-7(4-9)12-5-6/h3,5H,2H2,1H3. The van der Waals surface area contributed by atoms with E-state index in [4.69, 9.17) is 9.68 Å². The molecule has 4 heteroatoms. The molecule has 0 N–H and O–H groups in total. The van der Waals surface area contributed by atoms with E-state index in [9.17, 15) is 4.79 Å². The van der Waals surface area contributed by atoms with Gasteiger partial charge in [0.15, 0.2) is 0 Å². The van der Waals surface area contributed by atoms with E-state index >= 15 is 0 Å². The van der Waals surface area contributed by atoms with E-state index in [1.54, 1.807) is 13.0 Å². The molecule has 12 heavy (non-hydrogen) atoms. The molecular weight excluding hydrogens is 158 g/mol. The summed E-state index contributed by atoms with van der Waals surface area (Å²) in [5.74, 6) is -0.360. The highest BCUT2D eigenvalue weighted by atomic mass is 16.5. The molecule has 0 fully saturated rings. The van der Waals surface area contributed by atoms with Crippen LogP contribution in [0.2, 0.25) is 0 Å². The maximum Gasteiger partial charge on any atom is 0.341 e. The Bertz CT molecular complexity index is 321. The second-order valence-electron chi connectivity index (χ2n) is 2.03. The van der Waals surface area contributed by atoms with Crippen LogP contribution in [0.5, 0.6) is 0 Å². The lowest BCUT2D eigenvalue weighted by Gasteiger charge is -1.95. The van der Waals surface area contributed by atoms with Gasteiger partial charge in [-0.3, -0.25) is 0 Å². The van der Waals surface area contributed by atoms with Crippen LogP contribution in [-0.4, -0.2) is 12.6 Å². The minimum Gasteiger partial charge on any atom is -0.462 e. The van der Waals surface area contributed by atoms with Crippen LogP contribution >= 0.6 is 0 Å². The third-order valence-electron chi connectivity index (χ3n) is 1.22. The van der Waals surface area contributed by atoms with Crippen LogP contribution in [0.4, 0.5) is 0 Å². The van der Waals surface area contributed by atoms with Crippen LogP contribution in [0.25, 0.3) is 0 Å². The molecule has 1 heterocycles. The molecular formula is C8H7NO3. The van der Waals surface area contributed by atoms with Gasteiger partial charge in [0, 0.05) is 6.07 Å². The topological polar surface area (TPSA) is 63.2 Å². The van der Waals surface area contributed by atoms with Gasteiger partial charge in [0.25, 0.3) is 0 Å². The second kappa shape index (κ2) is 3.58. The fourth-order valence-electron chi connectivity index (χ4n) is 0.716. The first-order valence-electron chi connectivity index (χ1n) is 3.43. The van der Waals surface area contributed by atoms with Crippen molar-refractivity contribution < 1.29 is 13.9 Å². The molecule has 62 valence electrons. The first-order chi connectivity index (χ1) is 5.77. The van der Waals surface area contributed by atoms with E-state index in [2.05, 4.69) is 4.74 Å². The van der Waals surface area contributed by atoms with Gasteiger partial charge in [-0.15, -0.1) is 0 Å². The van der Waals surface area contributed by atoms with Gasteiger partial charge in [-0.05, 0) is 6.92 Å². The van der Waals surface area contributed by atoms with Crippen LogP contribution < -0.4 is 0 Å². The van der Waals surface area contributed by atoms with Crippen LogP contribution in [0.3, 0.4) is 0 Å². The summed E-state index contributed by atoms with van der Waals surface area (Å²) in [6.45, 7) is 2.02. The van der Waals surface area contributed by atoms with Crippen molar-refractivity contribution in [2.24, 2.45) is 0 Å². The summed E-state index contributed by atoms with van der Waals surface area (Å²) in [6, 6.07) is 3.12. The highest BCUT2D eigenvalue weighted by molar-refractivity contribution is 5.89. The van der Waals surface area contributed by atoms with E-state index in [0.717, 1.165) is 0 Å². The quantitative estimate of drug-likeness (QED) is 0.620. The Balaban J connectivity index is 2.76. The summed E-state index contributed by atoms with van der Waals surface area (Å²) in [7, 11) is 0. The van der Waals surface area contributed by atoms with Crippen LogP contribution in [0.1, 0.15) is 23.0 Å². The van der Waals surface area contributed by atoms with Crippen molar-refractivity contribution in [3.8, 4) is 6.07 Å². The van der Waals surface area contributed by atoms with E-state index in [1.807, 2.05) is 0 Å². The average molecular weight is 165 g/mol. The maximum absolute atomic E-state index is 11.0. The highest BCUT2D eigenvalue weighted by Gasteiger charge is 2.09. The number of nitrogens with zero attached hydrogens (tertiary/aromatic N) is 1. The number of ether oxygens (including phenoxy) is 1. The minimum absolute atomic E-state index is 0.109. The van der Waals surface area contributed by atoms with Gasteiger partial charge in [-0.1, -0.05) is 0 Å². The second-order valence-corrected chi connectivity index (χ2v) is 2.03. The van der Waals surface area contributed by atoms with Crippen molar-refractivity contribution >= 4 is 5.97 Å². The largest absolute Gasteiger partial charge is 0.462 e. The van der Waals surface area contributed by atoms with Crippen molar-refractivity contribution in [3.05, 3.63) is 23.7 Å². The molecule has 0 amide bonds. The molecule has 0 radical (unpaired) electrons. The lowest BCUT2D eigenvalue weighted by atomic mass is 10.3. The van der Waals surface area contributed by atoms with Crippen LogP contribution in [0, 0.1) is 11.3 Å². The Kier molecular flexibility index (Phi) is 2.49. The van der Waals surface area contributed by atoms with Crippen molar-refractivity contribution in [1.29, 1.82) is 5.26 Å². The van der Waals surface area contributed by atoms with Gasteiger partial charge in [0.2, 0.25) is 5.76 Å². The SMILES string of the molecule is CCOC(=O)c1coc(C#N)c1. The summed E-state index contributed by atoms with van der Waals surface area (Å²) in [6.07, 6.45) is 1.20. The molecule has 0 saturated carbocycles. The number of nitriles is 1. The number of carbonyl (C=O) groups is 1. The summed E-state index contributed by atoms with van der Waals surface area (Å²) in [5.41, 5.74) is 0.272. The first-order valence-corrected chi connectivity index (χ1v) is 3.43. The smallest absolute Gasteiger partial charge is 0.341 e. The van der Waals surface area contributed by atoms with Crippen molar-refractivity contribution in [3.63, 3.8) is 0 Å². The third kappa shape index (κ3) is 1.64. The molecule has 0 saturated heterocycles. The predicted molar refractivity (Wildman–Crippen MR) is 39.4 cm³/mol. The fourth-order valence-corrected chi connectivity index (χ4v) is 0.716. The molecule has 0 aromatic carbocycles. The number of esters is 1. The zero-order valence-electron chi connectivity index (χ0n) is 6.53. The minimum atomic E-state index is -0.470. The van der Waals surface area contributed by atoms with Gasteiger partial charge in [0.05, 0.1) is 12.2 Å². The molecule has 1 aromatic heterocycles. The van der Waals surface area contributed by atoms with Gasteiger partial charge in [-0.25, -0.2) is 4.79 Å². The maximum atomic E-state index is 11.0. The van der Waals surface area contributed by atoms with Gasteiger partial charge in [-0.2, -0.15) is 5.26 Å². The van der Waals surface area contributed by atoms with E-state index < -0.39 is 5.97 Å². The molecule has 0 aliphatic carbocycles. The molecule has 0 spiro atoms. The number of furan rings is 1. The van der Waals surface area contributed by atoms with Gasteiger partial charge < -0.3 is 9.15 Å². The van der Waals surface area contributed by atoms with Crippen molar-refractivity contribution in [1.82, 2.24) is 0 Å². The zero-order chi connectivity index (χ0) is 8.97. The molecule has 0 unspecified atom stereocenters. The van der Waals surface area contributed by atoms with E-state index in [-0.39, 0.29) is 11.3 Å². The molecule has 1 rings (SSSR count). The van der Waals surface area contributed by atoms with Crippen molar-refractivity contribution in [2.45, 2.75) is 6.92 Å². The van der Waals surface area contributed by atoms with Gasteiger partial charge >= 0.3 is 5.97 Å². The third-order valence-corrected chi connectivity index (χ3v) is 1.22. The molecule has 0 aliphatic rings. The average Bonchev–Trinajstić information content (AvgIpc) is 2.52. The number of hydrogen-bond donors (Lipinski definition) is 0. The molecule has 4 nitrogen and oxygen atoms in total. The normalized spacial score (nSPS) is 9.00. The molecule has 0 bridgehead atoms. The lowest BCUT2D eigenvalue weighted by Crippen LogP contribution is -2.02. The highest BCUT2D eigenvalue weighted by Crippen LogP contribution is 2.07. The van der Waals surface area contributed by atoms with E-state index in [1.165, 1.54) is 12.3 Å². The number of carbonyl (C=O) groups excluding carboxylic acids is 1. The van der Waals surface area contributed by atoms with E-state index in [0.29, 0.717) is 6.61 Å². The summed E-state index contributed by atoms with van der Waals surface area (Å²) >= 11 is 0. The van der Waals surface area contributed by atoms with Crippen LogP contribution in [0.15, 0.2) is 16.7 Å².